The zero-order chi connectivity index (χ0) is 27.9. The Morgan fingerprint density at radius 1 is 0.474 bits per heavy atom. The Morgan fingerprint density at radius 3 is 1.00 bits per heavy atom. The maximum absolute atomic E-state index is 11.7. The Hall–Kier alpha value is -0.890. The summed E-state index contributed by atoms with van der Waals surface area (Å²) in [5, 5.41) is 2.95. The fourth-order valence-corrected chi connectivity index (χ4v) is 2.66. The van der Waals surface area contributed by atoms with Crippen molar-refractivity contribution in [2.45, 2.75) is 46.6 Å². The number of hydrogen-bond acceptors (Lipinski definition) is 10. The summed E-state index contributed by atoms with van der Waals surface area (Å²) in [6.07, 6.45) is 1.39. The van der Waals surface area contributed by atoms with Crippen LogP contribution in [0.4, 0.5) is 0 Å². The number of carbonyl (C=O) groups excluding carboxylic acids is 1. The van der Waals surface area contributed by atoms with E-state index in [1.165, 1.54) is 0 Å². The predicted molar refractivity (Wildman–Crippen MR) is 145 cm³/mol. The summed E-state index contributed by atoms with van der Waals surface area (Å²) in [6, 6.07) is 0.171. The quantitative estimate of drug-likeness (QED) is 0.128. The molecule has 0 aromatic rings. The van der Waals surface area contributed by atoms with E-state index in [-0.39, 0.29) is 11.9 Å². The zero-order valence-electron chi connectivity index (χ0n) is 24.4. The van der Waals surface area contributed by atoms with E-state index < -0.39 is 0 Å². The Kier molecular flexibility index (Phi) is 29.9. The van der Waals surface area contributed by atoms with Gasteiger partial charge in [0.05, 0.1) is 112 Å². The standard InChI is InChI=1S/C27H55NO10/c1-5-7-30-9-11-32-13-15-34-17-19-36-21-23-38-24-22-37-20-18-35-16-14-33-12-10-31-8-6-27(29)28-26(4)25(2)3/h25-26H,5-24H2,1-4H3,(H,28,29). The molecule has 0 aliphatic carbocycles. The van der Waals surface area contributed by atoms with Crippen LogP contribution in [0.2, 0.25) is 0 Å². The molecule has 11 nitrogen and oxygen atoms in total. The Bertz CT molecular complexity index is 485. The topological polar surface area (TPSA) is 112 Å². The molecule has 0 saturated heterocycles. The molecule has 38 heavy (non-hydrogen) atoms. The summed E-state index contributed by atoms with van der Waals surface area (Å²) >= 11 is 0. The van der Waals surface area contributed by atoms with Crippen LogP contribution in [0, 0.1) is 5.92 Å². The van der Waals surface area contributed by atoms with E-state index in [4.69, 9.17) is 42.6 Å². The number of carbonyl (C=O) groups is 1. The molecular formula is C27H55NO10. The van der Waals surface area contributed by atoms with E-state index in [1.54, 1.807) is 0 Å². The second kappa shape index (κ2) is 30.6. The molecule has 1 amide bonds. The molecule has 0 rings (SSSR count). The van der Waals surface area contributed by atoms with E-state index in [2.05, 4.69) is 26.1 Å². The molecule has 0 bridgehead atoms. The summed E-state index contributed by atoms with van der Waals surface area (Å²) in [4.78, 5) is 11.7. The van der Waals surface area contributed by atoms with Crippen LogP contribution in [0.15, 0.2) is 0 Å². The van der Waals surface area contributed by atoms with Crippen molar-refractivity contribution in [3.8, 4) is 0 Å². The highest BCUT2D eigenvalue weighted by Gasteiger charge is 2.10. The van der Waals surface area contributed by atoms with Crippen LogP contribution in [0.3, 0.4) is 0 Å². The highest BCUT2D eigenvalue weighted by Crippen LogP contribution is 2.00. The minimum Gasteiger partial charge on any atom is -0.379 e. The number of nitrogens with one attached hydrogen (secondary N) is 1. The largest absolute Gasteiger partial charge is 0.379 e. The molecule has 0 aromatic heterocycles. The van der Waals surface area contributed by atoms with Gasteiger partial charge in [-0.3, -0.25) is 4.79 Å². The maximum atomic E-state index is 11.7. The molecule has 0 fully saturated rings. The highest BCUT2D eigenvalue weighted by molar-refractivity contribution is 5.76. The van der Waals surface area contributed by atoms with Crippen LogP contribution in [-0.2, 0) is 47.4 Å². The van der Waals surface area contributed by atoms with Gasteiger partial charge in [0.25, 0.3) is 0 Å². The first-order chi connectivity index (χ1) is 18.6. The third-order valence-corrected chi connectivity index (χ3v) is 5.19. The molecule has 0 saturated carbocycles. The maximum Gasteiger partial charge on any atom is 0.222 e. The summed E-state index contributed by atoms with van der Waals surface area (Å²) in [7, 11) is 0. The van der Waals surface area contributed by atoms with E-state index in [0.29, 0.717) is 125 Å². The molecular weight excluding hydrogens is 498 g/mol. The highest BCUT2D eigenvalue weighted by atomic mass is 16.6. The van der Waals surface area contributed by atoms with Gasteiger partial charge in [0.1, 0.15) is 0 Å². The lowest BCUT2D eigenvalue weighted by molar-refractivity contribution is -0.123. The van der Waals surface area contributed by atoms with Gasteiger partial charge in [0, 0.05) is 19.1 Å². The smallest absolute Gasteiger partial charge is 0.222 e. The molecule has 1 N–H and O–H groups in total. The van der Waals surface area contributed by atoms with Gasteiger partial charge < -0.3 is 47.9 Å². The van der Waals surface area contributed by atoms with Crippen molar-refractivity contribution in [1.82, 2.24) is 5.32 Å². The van der Waals surface area contributed by atoms with Crippen LogP contribution in [0.5, 0.6) is 0 Å². The summed E-state index contributed by atoms with van der Waals surface area (Å²) < 4.78 is 48.8. The zero-order valence-corrected chi connectivity index (χ0v) is 24.4. The lowest BCUT2D eigenvalue weighted by atomic mass is 10.1. The van der Waals surface area contributed by atoms with Crippen molar-refractivity contribution in [2.24, 2.45) is 5.92 Å². The van der Waals surface area contributed by atoms with Crippen molar-refractivity contribution < 1.29 is 47.4 Å². The average molecular weight is 554 g/mol. The van der Waals surface area contributed by atoms with Crippen LogP contribution >= 0.6 is 0 Å². The van der Waals surface area contributed by atoms with Crippen molar-refractivity contribution in [3.05, 3.63) is 0 Å². The molecule has 0 aliphatic rings. The molecule has 0 aromatic carbocycles. The second-order valence-electron chi connectivity index (χ2n) is 8.86. The SMILES string of the molecule is CCCOCCOCCOCCOCCOCCOCCOCCOCCOCCC(=O)NC(C)C(C)C. The number of rotatable bonds is 31. The first kappa shape index (κ1) is 37.1. The fraction of sp³-hybridized carbons (Fsp3) is 0.963. The monoisotopic (exact) mass is 553 g/mol. The van der Waals surface area contributed by atoms with Crippen molar-refractivity contribution >= 4 is 5.91 Å². The lowest BCUT2D eigenvalue weighted by Gasteiger charge is -2.17. The molecule has 0 radical (unpaired) electrons. The lowest BCUT2D eigenvalue weighted by Crippen LogP contribution is -2.36. The van der Waals surface area contributed by atoms with Crippen molar-refractivity contribution in [1.29, 1.82) is 0 Å². The molecule has 0 heterocycles. The fourth-order valence-electron chi connectivity index (χ4n) is 2.66. The molecule has 1 atom stereocenters. The predicted octanol–water partition coefficient (Wildman–Crippen LogP) is 2.10. The van der Waals surface area contributed by atoms with Gasteiger partial charge in [-0.15, -0.1) is 0 Å². The number of amides is 1. The number of hydrogen-bond donors (Lipinski definition) is 1. The van der Waals surface area contributed by atoms with E-state index in [0.717, 1.165) is 13.0 Å². The van der Waals surface area contributed by atoms with Crippen molar-refractivity contribution in [2.75, 3.05) is 119 Å². The normalized spacial score (nSPS) is 12.3. The van der Waals surface area contributed by atoms with Crippen LogP contribution in [0.1, 0.15) is 40.5 Å². The molecule has 0 aliphatic heterocycles. The van der Waals surface area contributed by atoms with Gasteiger partial charge >= 0.3 is 0 Å². The Morgan fingerprint density at radius 2 is 0.737 bits per heavy atom. The van der Waals surface area contributed by atoms with Crippen LogP contribution in [-0.4, -0.2) is 131 Å². The average Bonchev–Trinajstić information content (AvgIpc) is 2.90. The van der Waals surface area contributed by atoms with Gasteiger partial charge in [0.15, 0.2) is 0 Å². The summed E-state index contributed by atoms with van der Waals surface area (Å²) in [5.74, 6) is 0.435. The molecule has 0 spiro atoms. The minimum absolute atomic E-state index is 0.0162. The third-order valence-electron chi connectivity index (χ3n) is 5.19. The summed E-state index contributed by atoms with van der Waals surface area (Å²) in [6.45, 7) is 17.8. The minimum atomic E-state index is 0.0162. The van der Waals surface area contributed by atoms with Gasteiger partial charge in [-0.2, -0.15) is 0 Å². The molecule has 11 heteroatoms. The second-order valence-corrected chi connectivity index (χ2v) is 8.86. The molecule has 1 unspecified atom stereocenters. The first-order valence-electron chi connectivity index (χ1n) is 14.1. The van der Waals surface area contributed by atoms with Crippen LogP contribution < -0.4 is 5.32 Å². The Labute approximate surface area is 230 Å². The van der Waals surface area contributed by atoms with E-state index in [1.807, 2.05) is 6.92 Å². The third kappa shape index (κ3) is 29.7. The van der Waals surface area contributed by atoms with Gasteiger partial charge in [-0.1, -0.05) is 20.8 Å². The van der Waals surface area contributed by atoms with Crippen LogP contribution in [0.25, 0.3) is 0 Å². The Balaban J connectivity index is 3.11. The van der Waals surface area contributed by atoms with E-state index in [9.17, 15) is 4.79 Å². The van der Waals surface area contributed by atoms with Gasteiger partial charge in [-0.25, -0.2) is 0 Å². The molecule has 228 valence electrons. The van der Waals surface area contributed by atoms with E-state index >= 15 is 0 Å². The van der Waals surface area contributed by atoms with Crippen molar-refractivity contribution in [3.63, 3.8) is 0 Å². The number of ether oxygens (including phenoxy) is 9. The van der Waals surface area contributed by atoms with Gasteiger partial charge in [0.2, 0.25) is 5.91 Å². The van der Waals surface area contributed by atoms with Gasteiger partial charge in [-0.05, 0) is 19.3 Å². The first-order valence-corrected chi connectivity index (χ1v) is 14.1. The summed E-state index contributed by atoms with van der Waals surface area (Å²) in [5.41, 5.74) is 0.